The van der Waals surface area contributed by atoms with E-state index in [2.05, 4.69) is 9.62 Å². The molecule has 0 aliphatic rings. The fourth-order valence-corrected chi connectivity index (χ4v) is 3.41. The molecule has 0 aliphatic heterocycles. The van der Waals surface area contributed by atoms with E-state index in [9.17, 15) is 8.42 Å². The molecule has 0 amide bonds. The van der Waals surface area contributed by atoms with Crippen molar-refractivity contribution in [1.82, 2.24) is 9.62 Å². The Bertz CT molecular complexity index is 802. The van der Waals surface area contributed by atoms with Gasteiger partial charge in [0.25, 0.3) is 0 Å². The predicted molar refractivity (Wildman–Crippen MR) is 97.4 cm³/mol. The first-order valence-electron chi connectivity index (χ1n) is 7.80. The zero-order valence-electron chi connectivity index (χ0n) is 14.9. The van der Waals surface area contributed by atoms with Crippen molar-refractivity contribution in [2.24, 2.45) is 0 Å². The lowest BCUT2D eigenvalue weighted by Gasteiger charge is -2.12. The Morgan fingerprint density at radius 1 is 0.920 bits per heavy atom. The number of hydrogen-bond acceptors (Lipinski definition) is 5. The van der Waals surface area contributed by atoms with Gasteiger partial charge in [0, 0.05) is 19.2 Å². The first-order valence-corrected chi connectivity index (χ1v) is 9.28. The highest BCUT2D eigenvalue weighted by Crippen LogP contribution is 2.29. The summed E-state index contributed by atoms with van der Waals surface area (Å²) in [4.78, 5) is 2.21. The van der Waals surface area contributed by atoms with Crippen LogP contribution in [0.2, 0.25) is 0 Å². The highest BCUT2D eigenvalue weighted by Gasteiger charge is 2.16. The van der Waals surface area contributed by atoms with Crippen molar-refractivity contribution in [2.45, 2.75) is 18.0 Å². The van der Waals surface area contributed by atoms with Gasteiger partial charge in [-0.1, -0.05) is 24.3 Å². The molecule has 0 fully saturated rings. The summed E-state index contributed by atoms with van der Waals surface area (Å²) >= 11 is 0. The number of sulfonamides is 1. The Balaban J connectivity index is 2.08. The van der Waals surface area contributed by atoms with Crippen LogP contribution < -0.4 is 14.2 Å². The molecule has 7 heteroatoms. The summed E-state index contributed by atoms with van der Waals surface area (Å²) < 4.78 is 37.8. The normalized spacial score (nSPS) is 11.6. The molecule has 25 heavy (non-hydrogen) atoms. The Labute approximate surface area is 149 Å². The van der Waals surface area contributed by atoms with Crippen LogP contribution in [0.25, 0.3) is 0 Å². The first-order chi connectivity index (χ1) is 11.9. The summed E-state index contributed by atoms with van der Waals surface area (Å²) in [5.41, 5.74) is 2.07. The number of benzene rings is 2. The number of rotatable bonds is 8. The molecule has 6 nitrogen and oxygen atoms in total. The number of ether oxygens (including phenoxy) is 2. The summed E-state index contributed by atoms with van der Waals surface area (Å²) in [5, 5.41) is 0. The van der Waals surface area contributed by atoms with Crippen molar-refractivity contribution < 1.29 is 17.9 Å². The lowest BCUT2D eigenvalue weighted by atomic mass is 10.1. The molecule has 0 unspecified atom stereocenters. The van der Waals surface area contributed by atoms with Crippen LogP contribution >= 0.6 is 0 Å². The largest absolute Gasteiger partial charge is 0.493 e. The molecule has 1 N–H and O–H groups in total. The maximum Gasteiger partial charge on any atom is 0.241 e. The van der Waals surface area contributed by atoms with Crippen LogP contribution in [0.15, 0.2) is 47.4 Å². The van der Waals surface area contributed by atoms with E-state index in [4.69, 9.17) is 9.47 Å². The van der Waals surface area contributed by atoms with E-state index in [1.54, 1.807) is 6.07 Å². The Kier molecular flexibility index (Phi) is 6.41. The topological polar surface area (TPSA) is 67.9 Å². The third kappa shape index (κ3) is 5.19. The van der Waals surface area contributed by atoms with Crippen molar-refractivity contribution in [3.8, 4) is 11.5 Å². The van der Waals surface area contributed by atoms with Crippen molar-refractivity contribution >= 4 is 10.0 Å². The lowest BCUT2D eigenvalue weighted by molar-refractivity contribution is 0.354. The van der Waals surface area contributed by atoms with Crippen LogP contribution in [0.4, 0.5) is 0 Å². The van der Waals surface area contributed by atoms with Gasteiger partial charge in [-0.25, -0.2) is 13.1 Å². The van der Waals surface area contributed by atoms with Crippen LogP contribution in [0.1, 0.15) is 11.1 Å². The smallest absolute Gasteiger partial charge is 0.241 e. The minimum absolute atomic E-state index is 0.134. The maximum atomic E-state index is 12.5. The van der Waals surface area contributed by atoms with Gasteiger partial charge in [0.2, 0.25) is 10.0 Å². The van der Waals surface area contributed by atoms with E-state index in [1.165, 1.54) is 31.9 Å². The van der Waals surface area contributed by atoms with Crippen molar-refractivity contribution in [3.63, 3.8) is 0 Å². The summed E-state index contributed by atoms with van der Waals surface area (Å²) in [6, 6.07) is 12.4. The molecule has 0 saturated heterocycles. The molecular weight excluding hydrogens is 340 g/mol. The SMILES string of the molecule is COc1ccc(S(=O)(=O)NCc2ccc(CN(C)C)cc2)cc1OC. The van der Waals surface area contributed by atoms with Gasteiger partial charge in [-0.15, -0.1) is 0 Å². The maximum absolute atomic E-state index is 12.5. The molecule has 0 aromatic heterocycles. The van der Waals surface area contributed by atoms with Crippen LogP contribution in [-0.2, 0) is 23.1 Å². The summed E-state index contributed by atoms with van der Waals surface area (Å²) in [7, 11) is 3.34. The molecule has 2 aromatic rings. The molecule has 0 spiro atoms. The number of nitrogens with zero attached hydrogens (tertiary/aromatic N) is 1. The molecule has 0 aliphatic carbocycles. The number of hydrogen-bond donors (Lipinski definition) is 1. The first kappa shape index (κ1) is 19.2. The summed E-state index contributed by atoms with van der Waals surface area (Å²) in [6.07, 6.45) is 0. The van der Waals surface area contributed by atoms with Crippen molar-refractivity contribution in [3.05, 3.63) is 53.6 Å². The lowest BCUT2D eigenvalue weighted by Crippen LogP contribution is -2.23. The summed E-state index contributed by atoms with van der Waals surface area (Å²) in [6.45, 7) is 1.07. The predicted octanol–water partition coefficient (Wildman–Crippen LogP) is 2.24. The van der Waals surface area contributed by atoms with Crippen molar-refractivity contribution in [1.29, 1.82) is 0 Å². The molecular formula is C18H24N2O4S. The van der Waals surface area contributed by atoms with Gasteiger partial charge in [-0.2, -0.15) is 0 Å². The minimum Gasteiger partial charge on any atom is -0.493 e. The Morgan fingerprint density at radius 3 is 2.08 bits per heavy atom. The van der Waals surface area contributed by atoms with E-state index in [-0.39, 0.29) is 11.4 Å². The second-order valence-electron chi connectivity index (χ2n) is 5.90. The van der Waals surface area contributed by atoms with Crippen LogP contribution in [-0.4, -0.2) is 41.6 Å². The van der Waals surface area contributed by atoms with Gasteiger partial charge < -0.3 is 14.4 Å². The minimum atomic E-state index is -3.64. The second kappa shape index (κ2) is 8.33. The highest BCUT2D eigenvalue weighted by atomic mass is 32.2. The monoisotopic (exact) mass is 364 g/mol. The Hall–Kier alpha value is -2.09. The van der Waals surface area contributed by atoms with Gasteiger partial charge in [0.05, 0.1) is 19.1 Å². The molecule has 0 heterocycles. The van der Waals surface area contributed by atoms with E-state index in [1.807, 2.05) is 38.4 Å². The molecule has 0 bridgehead atoms. The van der Waals surface area contributed by atoms with Crippen LogP contribution in [0, 0.1) is 0 Å². The molecule has 0 atom stereocenters. The summed E-state index contributed by atoms with van der Waals surface area (Å²) in [5.74, 6) is 0.858. The van der Waals surface area contributed by atoms with Crippen molar-refractivity contribution in [2.75, 3.05) is 28.3 Å². The standard InChI is InChI=1S/C18H24N2O4S/c1-20(2)13-15-7-5-14(6-8-15)12-19-25(21,22)16-9-10-17(23-3)18(11-16)24-4/h5-11,19H,12-13H2,1-4H3. The third-order valence-corrected chi connectivity index (χ3v) is 5.05. The highest BCUT2D eigenvalue weighted by molar-refractivity contribution is 7.89. The quantitative estimate of drug-likeness (QED) is 0.778. The molecule has 2 rings (SSSR count). The zero-order valence-corrected chi connectivity index (χ0v) is 15.8. The molecule has 136 valence electrons. The third-order valence-electron chi connectivity index (χ3n) is 3.65. The van der Waals surface area contributed by atoms with E-state index < -0.39 is 10.0 Å². The van der Waals surface area contributed by atoms with Crippen LogP contribution in [0.5, 0.6) is 11.5 Å². The van der Waals surface area contributed by atoms with E-state index >= 15 is 0 Å². The van der Waals surface area contributed by atoms with Gasteiger partial charge >= 0.3 is 0 Å². The number of methoxy groups -OCH3 is 2. The Morgan fingerprint density at radius 2 is 1.52 bits per heavy atom. The average molecular weight is 364 g/mol. The van der Waals surface area contributed by atoms with E-state index in [0.29, 0.717) is 11.5 Å². The zero-order chi connectivity index (χ0) is 18.4. The molecule has 0 saturated carbocycles. The van der Waals surface area contributed by atoms with Gasteiger partial charge in [-0.3, -0.25) is 0 Å². The van der Waals surface area contributed by atoms with Gasteiger partial charge in [0.15, 0.2) is 11.5 Å². The second-order valence-corrected chi connectivity index (χ2v) is 7.66. The fourth-order valence-electron chi connectivity index (χ4n) is 2.37. The van der Waals surface area contributed by atoms with Gasteiger partial charge in [-0.05, 0) is 37.4 Å². The average Bonchev–Trinajstić information content (AvgIpc) is 2.60. The number of nitrogens with one attached hydrogen (secondary N) is 1. The van der Waals surface area contributed by atoms with E-state index in [0.717, 1.165) is 12.1 Å². The molecule has 0 radical (unpaired) electrons. The van der Waals surface area contributed by atoms with Crippen LogP contribution in [0.3, 0.4) is 0 Å². The molecule has 2 aromatic carbocycles. The fraction of sp³-hybridized carbons (Fsp3) is 0.333. The van der Waals surface area contributed by atoms with Gasteiger partial charge in [0.1, 0.15) is 0 Å².